The quantitative estimate of drug-likeness (QED) is 0.769. The molecule has 8 heteroatoms. The van der Waals surface area contributed by atoms with E-state index < -0.39 is 10.0 Å². The first-order valence-corrected chi connectivity index (χ1v) is 9.37. The van der Waals surface area contributed by atoms with E-state index in [1.807, 2.05) is 25.1 Å². The first-order chi connectivity index (χ1) is 12.3. The van der Waals surface area contributed by atoms with Crippen LogP contribution in [0.1, 0.15) is 15.9 Å². The number of amides is 1. The van der Waals surface area contributed by atoms with Gasteiger partial charge in [-0.3, -0.25) is 9.52 Å². The number of carbonyl (C=O) groups excluding carboxylic acids is 1. The summed E-state index contributed by atoms with van der Waals surface area (Å²) in [4.78, 5) is 14.1. The van der Waals surface area contributed by atoms with Gasteiger partial charge in [0.15, 0.2) is 0 Å². The zero-order valence-electron chi connectivity index (χ0n) is 14.6. The van der Waals surface area contributed by atoms with Crippen molar-refractivity contribution < 1.29 is 13.2 Å². The summed E-state index contributed by atoms with van der Waals surface area (Å²) in [5, 5.41) is 11.8. The van der Waals surface area contributed by atoms with Crippen LogP contribution >= 0.6 is 0 Å². The summed E-state index contributed by atoms with van der Waals surface area (Å²) in [7, 11) is -0.139. The molecular weight excluding hydrogens is 352 g/mol. The summed E-state index contributed by atoms with van der Waals surface area (Å²) in [5.41, 5.74) is 0.657. The van der Waals surface area contributed by atoms with Crippen molar-refractivity contribution in [3.63, 3.8) is 0 Å². The molecule has 0 radical (unpaired) electrons. The number of nitriles is 1. The predicted octanol–water partition coefficient (Wildman–Crippen LogP) is 1.65. The van der Waals surface area contributed by atoms with Crippen molar-refractivity contribution in [2.75, 3.05) is 31.9 Å². The van der Waals surface area contributed by atoms with Gasteiger partial charge in [0.1, 0.15) is 6.07 Å². The molecule has 0 spiro atoms. The van der Waals surface area contributed by atoms with Gasteiger partial charge in [-0.15, -0.1) is 0 Å². The number of nitrogens with one attached hydrogen (secondary N) is 2. The minimum atomic E-state index is -3.93. The molecule has 0 saturated carbocycles. The maximum absolute atomic E-state index is 12.6. The number of rotatable bonds is 7. The third-order valence-electron chi connectivity index (χ3n) is 3.54. The van der Waals surface area contributed by atoms with Gasteiger partial charge in [-0.25, -0.2) is 8.42 Å². The summed E-state index contributed by atoms with van der Waals surface area (Å²) in [6, 6.07) is 14.0. The van der Waals surface area contributed by atoms with Crippen LogP contribution in [0.15, 0.2) is 53.4 Å². The van der Waals surface area contributed by atoms with Gasteiger partial charge < -0.3 is 10.2 Å². The fraction of sp³-hybridized carbons (Fsp3) is 0.222. The number of sulfonamides is 1. The highest BCUT2D eigenvalue weighted by Crippen LogP contribution is 2.20. The highest BCUT2D eigenvalue weighted by molar-refractivity contribution is 7.92. The Morgan fingerprint density at radius 2 is 1.88 bits per heavy atom. The van der Waals surface area contributed by atoms with E-state index in [-0.39, 0.29) is 27.6 Å². The molecule has 7 nitrogen and oxygen atoms in total. The van der Waals surface area contributed by atoms with Gasteiger partial charge >= 0.3 is 0 Å². The van der Waals surface area contributed by atoms with E-state index >= 15 is 0 Å². The van der Waals surface area contributed by atoms with Crippen LogP contribution in [0, 0.1) is 11.3 Å². The average Bonchev–Trinajstić information content (AvgIpc) is 2.61. The van der Waals surface area contributed by atoms with Gasteiger partial charge in [-0.05, 0) is 44.4 Å². The monoisotopic (exact) mass is 372 g/mol. The van der Waals surface area contributed by atoms with E-state index in [0.717, 1.165) is 0 Å². The van der Waals surface area contributed by atoms with Crippen LogP contribution in [0.5, 0.6) is 0 Å². The molecule has 0 saturated heterocycles. The van der Waals surface area contributed by atoms with Gasteiger partial charge in [-0.1, -0.05) is 18.2 Å². The van der Waals surface area contributed by atoms with Gasteiger partial charge in [0, 0.05) is 18.7 Å². The molecule has 0 aliphatic carbocycles. The zero-order valence-corrected chi connectivity index (χ0v) is 15.4. The Hall–Kier alpha value is -2.89. The fourth-order valence-corrected chi connectivity index (χ4v) is 3.30. The lowest BCUT2D eigenvalue weighted by Gasteiger charge is -2.12. The molecule has 136 valence electrons. The maximum Gasteiger partial charge on any atom is 0.261 e. The second-order valence-electron chi connectivity index (χ2n) is 5.85. The van der Waals surface area contributed by atoms with Gasteiger partial charge in [0.05, 0.1) is 16.1 Å². The van der Waals surface area contributed by atoms with Crippen molar-refractivity contribution >= 4 is 21.6 Å². The highest BCUT2D eigenvalue weighted by Gasteiger charge is 2.18. The Morgan fingerprint density at radius 1 is 1.15 bits per heavy atom. The minimum absolute atomic E-state index is 0.0505. The van der Waals surface area contributed by atoms with E-state index in [9.17, 15) is 13.2 Å². The largest absolute Gasteiger partial charge is 0.351 e. The van der Waals surface area contributed by atoms with Crippen LogP contribution < -0.4 is 10.0 Å². The first-order valence-electron chi connectivity index (χ1n) is 7.88. The molecule has 2 rings (SSSR count). The lowest BCUT2D eigenvalue weighted by Crippen LogP contribution is -2.31. The summed E-state index contributed by atoms with van der Waals surface area (Å²) in [6.45, 7) is 1.13. The van der Waals surface area contributed by atoms with E-state index in [4.69, 9.17) is 5.26 Å². The maximum atomic E-state index is 12.6. The summed E-state index contributed by atoms with van der Waals surface area (Å²) >= 11 is 0. The molecule has 0 unspecified atom stereocenters. The number of hydrogen-bond acceptors (Lipinski definition) is 5. The molecular formula is C18H20N4O3S. The van der Waals surface area contributed by atoms with Crippen molar-refractivity contribution in [1.82, 2.24) is 10.2 Å². The Morgan fingerprint density at radius 3 is 2.58 bits per heavy atom. The highest BCUT2D eigenvalue weighted by atomic mass is 32.2. The molecule has 2 aromatic rings. The fourth-order valence-electron chi connectivity index (χ4n) is 2.17. The first kappa shape index (κ1) is 19.4. The lowest BCUT2D eigenvalue weighted by atomic mass is 10.2. The van der Waals surface area contributed by atoms with Gasteiger partial charge in [-0.2, -0.15) is 5.26 Å². The molecule has 0 aliphatic heterocycles. The number of likely N-dealkylation sites (N-methyl/N-ethyl adjacent to an activating group) is 1. The number of carbonyl (C=O) groups is 1. The molecule has 2 aromatic carbocycles. The zero-order chi connectivity index (χ0) is 19.2. The van der Waals surface area contributed by atoms with Crippen LogP contribution in [0.4, 0.5) is 5.69 Å². The second-order valence-corrected chi connectivity index (χ2v) is 7.53. The van der Waals surface area contributed by atoms with Crippen LogP contribution in [-0.2, 0) is 10.0 Å². The Bertz CT molecular complexity index is 933. The van der Waals surface area contributed by atoms with Crippen LogP contribution in [-0.4, -0.2) is 46.4 Å². The summed E-state index contributed by atoms with van der Waals surface area (Å²) in [5.74, 6) is -0.346. The number of para-hydroxylation sites is 1. The van der Waals surface area contributed by atoms with E-state index in [2.05, 4.69) is 10.0 Å². The van der Waals surface area contributed by atoms with Crippen molar-refractivity contribution in [2.24, 2.45) is 0 Å². The lowest BCUT2D eigenvalue weighted by molar-refractivity contribution is 0.0951. The van der Waals surface area contributed by atoms with Gasteiger partial charge in [0.2, 0.25) is 0 Å². The van der Waals surface area contributed by atoms with E-state index in [1.165, 1.54) is 30.3 Å². The van der Waals surface area contributed by atoms with Crippen LogP contribution in [0.3, 0.4) is 0 Å². The van der Waals surface area contributed by atoms with Crippen molar-refractivity contribution in [3.05, 3.63) is 59.7 Å². The van der Waals surface area contributed by atoms with Crippen molar-refractivity contribution in [1.29, 1.82) is 5.26 Å². The normalized spacial score (nSPS) is 11.0. The molecule has 0 aliphatic rings. The summed E-state index contributed by atoms with van der Waals surface area (Å²) < 4.78 is 27.6. The number of nitrogens with zero attached hydrogens (tertiary/aromatic N) is 2. The van der Waals surface area contributed by atoms with Crippen LogP contribution in [0.25, 0.3) is 0 Å². The van der Waals surface area contributed by atoms with E-state index in [0.29, 0.717) is 13.1 Å². The topological polar surface area (TPSA) is 102 Å². The molecule has 0 aromatic heterocycles. The Balaban J connectivity index is 2.20. The number of hydrogen-bond donors (Lipinski definition) is 2. The third-order valence-corrected chi connectivity index (χ3v) is 4.91. The van der Waals surface area contributed by atoms with Gasteiger partial charge in [0.25, 0.3) is 15.9 Å². The van der Waals surface area contributed by atoms with E-state index in [1.54, 1.807) is 18.2 Å². The Kier molecular flexibility index (Phi) is 6.33. The number of benzene rings is 2. The average molecular weight is 372 g/mol. The van der Waals surface area contributed by atoms with Crippen molar-refractivity contribution in [3.8, 4) is 6.07 Å². The standard InChI is InChI=1S/C18H20N4O3S/c1-22(2)11-10-20-18(23)14-7-5-8-16(12-14)26(24,25)21-17-9-4-3-6-15(17)13-19/h3-9,12,21H,10-11H2,1-2H3,(H,20,23). The summed E-state index contributed by atoms with van der Waals surface area (Å²) in [6.07, 6.45) is 0. The van der Waals surface area contributed by atoms with Crippen LogP contribution in [0.2, 0.25) is 0 Å². The third kappa shape index (κ3) is 5.05. The Labute approximate surface area is 153 Å². The van der Waals surface area contributed by atoms with Crippen molar-refractivity contribution in [2.45, 2.75) is 4.90 Å². The SMILES string of the molecule is CN(C)CCNC(=O)c1cccc(S(=O)(=O)Nc2ccccc2C#N)c1. The molecule has 0 heterocycles. The molecule has 0 atom stereocenters. The molecule has 2 N–H and O–H groups in total. The molecule has 0 fully saturated rings. The smallest absolute Gasteiger partial charge is 0.261 e. The predicted molar refractivity (Wildman–Crippen MR) is 99.3 cm³/mol. The second kappa shape index (κ2) is 8.47. The number of anilines is 1. The molecule has 1 amide bonds. The molecule has 0 bridgehead atoms. The molecule has 26 heavy (non-hydrogen) atoms. The minimum Gasteiger partial charge on any atom is -0.351 e.